The van der Waals surface area contributed by atoms with Crippen LogP contribution in [-0.4, -0.2) is 17.1 Å². The fraction of sp³-hybridized carbons (Fsp3) is 0.562. The van der Waals surface area contributed by atoms with Gasteiger partial charge in [-0.05, 0) is 36.6 Å². The van der Waals surface area contributed by atoms with Gasteiger partial charge in [0.05, 0.1) is 0 Å². The minimum Gasteiger partial charge on any atom is -0.409 e. The SMILES string of the molecule is CCCCC(CCC)NCc1cc(F)cc(/C(N)=N/O)c1. The first-order valence-electron chi connectivity index (χ1n) is 7.61. The summed E-state index contributed by atoms with van der Waals surface area (Å²) in [6, 6.07) is 4.93. The number of halogens is 1. The fourth-order valence-electron chi connectivity index (χ4n) is 2.37. The van der Waals surface area contributed by atoms with E-state index in [0.717, 1.165) is 24.8 Å². The van der Waals surface area contributed by atoms with Crippen LogP contribution >= 0.6 is 0 Å². The molecule has 0 bridgehead atoms. The van der Waals surface area contributed by atoms with Crippen molar-refractivity contribution in [2.45, 2.75) is 58.5 Å². The number of nitrogens with one attached hydrogen (secondary N) is 1. The van der Waals surface area contributed by atoms with Gasteiger partial charge in [0.1, 0.15) is 5.82 Å². The summed E-state index contributed by atoms with van der Waals surface area (Å²) in [7, 11) is 0. The van der Waals surface area contributed by atoms with E-state index in [1.165, 1.54) is 25.0 Å². The summed E-state index contributed by atoms with van der Waals surface area (Å²) in [6.07, 6.45) is 5.74. The number of benzene rings is 1. The first-order chi connectivity index (χ1) is 10.1. The second kappa shape index (κ2) is 9.34. The molecule has 5 heteroatoms. The highest BCUT2D eigenvalue weighted by Gasteiger charge is 2.09. The van der Waals surface area contributed by atoms with Crippen LogP contribution in [0.25, 0.3) is 0 Å². The highest BCUT2D eigenvalue weighted by molar-refractivity contribution is 5.97. The third-order valence-corrected chi connectivity index (χ3v) is 3.50. The zero-order chi connectivity index (χ0) is 15.7. The maximum atomic E-state index is 13.6. The predicted octanol–water partition coefficient (Wildman–Crippen LogP) is 3.37. The van der Waals surface area contributed by atoms with E-state index >= 15 is 0 Å². The molecule has 4 nitrogen and oxygen atoms in total. The van der Waals surface area contributed by atoms with Crippen molar-refractivity contribution < 1.29 is 9.60 Å². The standard InChI is InChI=1S/C16H26FN3O/c1-3-5-7-15(6-4-2)19-11-12-8-13(16(18)20-21)10-14(17)9-12/h8-10,15,19,21H,3-7,11H2,1-2H3,(H2,18,20). The molecule has 0 saturated carbocycles. The van der Waals surface area contributed by atoms with Gasteiger partial charge in [0.25, 0.3) is 0 Å². The van der Waals surface area contributed by atoms with E-state index in [1.807, 2.05) is 0 Å². The number of oxime groups is 1. The Morgan fingerprint density at radius 3 is 2.67 bits per heavy atom. The fourth-order valence-corrected chi connectivity index (χ4v) is 2.37. The molecule has 0 aliphatic heterocycles. The zero-order valence-corrected chi connectivity index (χ0v) is 12.9. The average Bonchev–Trinajstić information content (AvgIpc) is 2.48. The third-order valence-electron chi connectivity index (χ3n) is 3.50. The maximum absolute atomic E-state index is 13.6. The van der Waals surface area contributed by atoms with Gasteiger partial charge in [0.15, 0.2) is 5.84 Å². The summed E-state index contributed by atoms with van der Waals surface area (Å²) in [6.45, 7) is 4.93. The van der Waals surface area contributed by atoms with E-state index in [-0.39, 0.29) is 11.7 Å². The number of hydrogen-bond donors (Lipinski definition) is 3. The first-order valence-corrected chi connectivity index (χ1v) is 7.61. The molecule has 1 atom stereocenters. The topological polar surface area (TPSA) is 70.6 Å². The van der Waals surface area contributed by atoms with E-state index in [4.69, 9.17) is 10.9 Å². The molecule has 118 valence electrons. The van der Waals surface area contributed by atoms with Crippen LogP contribution in [0.5, 0.6) is 0 Å². The molecular weight excluding hydrogens is 269 g/mol. The Balaban J connectivity index is 2.70. The molecule has 0 saturated heterocycles. The molecule has 0 aliphatic rings. The van der Waals surface area contributed by atoms with Crippen LogP contribution < -0.4 is 11.1 Å². The van der Waals surface area contributed by atoms with Gasteiger partial charge in [0.2, 0.25) is 0 Å². The monoisotopic (exact) mass is 295 g/mol. The lowest BCUT2D eigenvalue weighted by atomic mass is 10.0. The average molecular weight is 295 g/mol. The van der Waals surface area contributed by atoms with Gasteiger partial charge in [-0.3, -0.25) is 0 Å². The number of hydrogen-bond acceptors (Lipinski definition) is 3. The molecule has 0 aromatic heterocycles. The quantitative estimate of drug-likeness (QED) is 0.283. The molecule has 0 aliphatic carbocycles. The summed E-state index contributed by atoms with van der Waals surface area (Å²) >= 11 is 0. The van der Waals surface area contributed by atoms with E-state index in [9.17, 15) is 4.39 Å². The minimum atomic E-state index is -0.378. The van der Waals surface area contributed by atoms with Crippen LogP contribution in [0, 0.1) is 5.82 Å². The highest BCUT2D eigenvalue weighted by Crippen LogP contribution is 2.12. The maximum Gasteiger partial charge on any atom is 0.170 e. The lowest BCUT2D eigenvalue weighted by molar-refractivity contribution is 0.318. The Hall–Kier alpha value is -1.62. The second-order valence-electron chi connectivity index (χ2n) is 5.34. The Morgan fingerprint density at radius 2 is 2.05 bits per heavy atom. The summed E-state index contributed by atoms with van der Waals surface area (Å²) in [5, 5.41) is 15.1. The van der Waals surface area contributed by atoms with Crippen LogP contribution in [0.3, 0.4) is 0 Å². The molecule has 1 rings (SSSR count). The number of nitrogens with two attached hydrogens (primary N) is 1. The predicted molar refractivity (Wildman–Crippen MR) is 84.0 cm³/mol. The number of nitrogens with zero attached hydrogens (tertiary/aromatic N) is 1. The Morgan fingerprint density at radius 1 is 1.29 bits per heavy atom. The van der Waals surface area contributed by atoms with Crippen molar-refractivity contribution in [3.05, 3.63) is 35.1 Å². The van der Waals surface area contributed by atoms with E-state index in [2.05, 4.69) is 24.3 Å². The van der Waals surface area contributed by atoms with Crippen molar-refractivity contribution in [1.82, 2.24) is 5.32 Å². The Kier molecular flexibility index (Phi) is 7.75. The summed E-state index contributed by atoms with van der Waals surface area (Å²) in [5.74, 6) is -0.455. The van der Waals surface area contributed by atoms with Gasteiger partial charge in [-0.1, -0.05) is 38.3 Å². The molecule has 0 amide bonds. The van der Waals surface area contributed by atoms with Crippen LogP contribution in [0.1, 0.15) is 57.1 Å². The normalized spacial score (nSPS) is 13.4. The molecule has 1 unspecified atom stereocenters. The van der Waals surface area contributed by atoms with Crippen molar-refractivity contribution in [1.29, 1.82) is 0 Å². The van der Waals surface area contributed by atoms with Gasteiger partial charge < -0.3 is 16.3 Å². The molecule has 1 aromatic rings. The van der Waals surface area contributed by atoms with Crippen molar-refractivity contribution >= 4 is 5.84 Å². The Labute approximate surface area is 126 Å². The van der Waals surface area contributed by atoms with Crippen molar-refractivity contribution in [3.63, 3.8) is 0 Å². The molecule has 1 aromatic carbocycles. The molecule has 0 radical (unpaired) electrons. The lowest BCUT2D eigenvalue weighted by Crippen LogP contribution is -2.28. The smallest absolute Gasteiger partial charge is 0.170 e. The van der Waals surface area contributed by atoms with Crippen molar-refractivity contribution in [3.8, 4) is 0 Å². The minimum absolute atomic E-state index is 0.0770. The van der Waals surface area contributed by atoms with Gasteiger partial charge >= 0.3 is 0 Å². The molecular formula is C16H26FN3O. The second-order valence-corrected chi connectivity index (χ2v) is 5.34. The van der Waals surface area contributed by atoms with Crippen molar-refractivity contribution in [2.75, 3.05) is 0 Å². The lowest BCUT2D eigenvalue weighted by Gasteiger charge is -2.18. The molecule has 21 heavy (non-hydrogen) atoms. The van der Waals surface area contributed by atoms with Gasteiger partial charge in [-0.2, -0.15) is 0 Å². The van der Waals surface area contributed by atoms with Gasteiger partial charge in [-0.25, -0.2) is 4.39 Å². The molecule has 0 fully saturated rings. The van der Waals surface area contributed by atoms with Gasteiger partial charge in [-0.15, -0.1) is 0 Å². The van der Waals surface area contributed by atoms with E-state index < -0.39 is 0 Å². The molecule has 0 heterocycles. The van der Waals surface area contributed by atoms with Gasteiger partial charge in [0, 0.05) is 18.2 Å². The number of rotatable bonds is 9. The van der Waals surface area contributed by atoms with Crippen LogP contribution in [0.4, 0.5) is 4.39 Å². The Bertz CT molecular complexity index is 463. The summed E-state index contributed by atoms with van der Waals surface area (Å²) in [5.41, 5.74) is 6.71. The van der Waals surface area contributed by atoms with E-state index in [0.29, 0.717) is 18.2 Å². The van der Waals surface area contributed by atoms with Crippen molar-refractivity contribution in [2.24, 2.45) is 10.9 Å². The van der Waals surface area contributed by atoms with Crippen LogP contribution in [0.15, 0.2) is 23.4 Å². The first kappa shape index (κ1) is 17.4. The van der Waals surface area contributed by atoms with E-state index in [1.54, 1.807) is 6.07 Å². The molecule has 0 spiro atoms. The molecule has 4 N–H and O–H groups in total. The van der Waals surface area contributed by atoms with Crippen LogP contribution in [-0.2, 0) is 6.54 Å². The summed E-state index contributed by atoms with van der Waals surface area (Å²) < 4.78 is 13.6. The largest absolute Gasteiger partial charge is 0.409 e. The number of unbranched alkanes of at least 4 members (excludes halogenated alkanes) is 1. The highest BCUT2D eigenvalue weighted by atomic mass is 19.1. The third kappa shape index (κ3) is 6.12. The zero-order valence-electron chi connectivity index (χ0n) is 12.9. The van der Waals surface area contributed by atoms with Crippen LogP contribution in [0.2, 0.25) is 0 Å². The summed E-state index contributed by atoms with van der Waals surface area (Å²) in [4.78, 5) is 0. The number of amidine groups is 1.